The predicted molar refractivity (Wildman–Crippen MR) is 64.9 cm³/mol. The highest BCUT2D eigenvalue weighted by Crippen LogP contribution is 1.97. The van der Waals surface area contributed by atoms with Crippen LogP contribution in [-0.2, 0) is 22.5 Å². The van der Waals surface area contributed by atoms with Gasteiger partial charge in [-0.2, -0.15) is 0 Å². The monoisotopic (exact) mass is 256 g/mol. The van der Waals surface area contributed by atoms with Crippen molar-refractivity contribution >= 4 is 5.91 Å². The van der Waals surface area contributed by atoms with Crippen molar-refractivity contribution in [3.63, 3.8) is 0 Å². The molecule has 0 saturated heterocycles. The second-order valence-electron chi connectivity index (χ2n) is 3.93. The molecular formula is C11H20N4O3. The summed E-state index contributed by atoms with van der Waals surface area (Å²) in [5.74, 6) is -0.0929. The number of carbonyl (C=O) groups excluding carboxylic acids is 1. The molecule has 0 fully saturated rings. The molecule has 1 heterocycles. The molecule has 0 unspecified atom stereocenters. The second kappa shape index (κ2) is 8.60. The van der Waals surface area contributed by atoms with E-state index < -0.39 is 0 Å². The van der Waals surface area contributed by atoms with E-state index >= 15 is 0 Å². The van der Waals surface area contributed by atoms with Crippen LogP contribution < -0.4 is 5.32 Å². The summed E-state index contributed by atoms with van der Waals surface area (Å²) in [5.41, 5.74) is 0.788. The molecule has 0 aromatic carbocycles. The summed E-state index contributed by atoms with van der Waals surface area (Å²) in [4.78, 5) is 11.5. The Morgan fingerprint density at radius 1 is 1.56 bits per heavy atom. The summed E-state index contributed by atoms with van der Waals surface area (Å²) >= 11 is 0. The van der Waals surface area contributed by atoms with Crippen molar-refractivity contribution in [3.8, 4) is 0 Å². The number of nitrogens with one attached hydrogen (secondary N) is 1. The predicted octanol–water partition coefficient (Wildman–Crippen LogP) is -0.644. The van der Waals surface area contributed by atoms with Crippen molar-refractivity contribution in [1.82, 2.24) is 20.3 Å². The van der Waals surface area contributed by atoms with E-state index in [0.717, 1.165) is 12.1 Å². The molecule has 18 heavy (non-hydrogen) atoms. The Morgan fingerprint density at radius 3 is 3.11 bits per heavy atom. The highest BCUT2D eigenvalue weighted by molar-refractivity contribution is 5.75. The van der Waals surface area contributed by atoms with Crippen LogP contribution in [0.3, 0.4) is 0 Å². The maximum Gasteiger partial charge on any atom is 0.241 e. The molecule has 2 N–H and O–H groups in total. The zero-order valence-electron chi connectivity index (χ0n) is 10.6. The van der Waals surface area contributed by atoms with Gasteiger partial charge in [0.25, 0.3) is 0 Å². The Kier molecular flexibility index (Phi) is 6.97. The van der Waals surface area contributed by atoms with Crippen LogP contribution in [0.2, 0.25) is 0 Å². The van der Waals surface area contributed by atoms with Gasteiger partial charge in [0.2, 0.25) is 5.91 Å². The van der Waals surface area contributed by atoms with Crippen LogP contribution in [0.25, 0.3) is 0 Å². The van der Waals surface area contributed by atoms with Gasteiger partial charge in [-0.05, 0) is 19.3 Å². The number of hydrogen-bond donors (Lipinski definition) is 2. The van der Waals surface area contributed by atoms with E-state index in [2.05, 4.69) is 15.6 Å². The molecule has 1 rings (SSSR count). The molecule has 0 aliphatic heterocycles. The molecule has 1 aromatic rings. The van der Waals surface area contributed by atoms with Crippen molar-refractivity contribution in [2.45, 2.75) is 25.8 Å². The van der Waals surface area contributed by atoms with E-state index in [9.17, 15) is 4.79 Å². The topological polar surface area (TPSA) is 89.3 Å². The number of amides is 1. The zero-order valence-corrected chi connectivity index (χ0v) is 10.6. The molecule has 1 amide bonds. The average Bonchev–Trinajstić information content (AvgIpc) is 2.80. The lowest BCUT2D eigenvalue weighted by molar-refractivity contribution is -0.121. The van der Waals surface area contributed by atoms with E-state index in [4.69, 9.17) is 9.84 Å². The zero-order chi connectivity index (χ0) is 13.2. The van der Waals surface area contributed by atoms with Crippen LogP contribution in [0.5, 0.6) is 0 Å². The van der Waals surface area contributed by atoms with Gasteiger partial charge in [0.1, 0.15) is 6.54 Å². The largest absolute Gasteiger partial charge is 0.396 e. The number of rotatable bonds is 9. The molecule has 0 spiro atoms. The van der Waals surface area contributed by atoms with E-state index in [-0.39, 0.29) is 19.1 Å². The number of hydrogen-bond acceptors (Lipinski definition) is 5. The molecule has 0 aliphatic carbocycles. The van der Waals surface area contributed by atoms with Gasteiger partial charge in [-0.1, -0.05) is 5.21 Å². The van der Waals surface area contributed by atoms with Crippen molar-refractivity contribution in [2.75, 3.05) is 26.9 Å². The van der Waals surface area contributed by atoms with Crippen LogP contribution in [0.4, 0.5) is 0 Å². The number of nitrogens with zero attached hydrogens (tertiary/aromatic N) is 3. The average molecular weight is 256 g/mol. The number of aliphatic hydroxyl groups excluding tert-OH is 1. The van der Waals surface area contributed by atoms with Crippen molar-refractivity contribution in [3.05, 3.63) is 11.9 Å². The first-order chi connectivity index (χ1) is 8.76. The molecule has 1 aromatic heterocycles. The fraction of sp³-hybridized carbons (Fsp3) is 0.727. The number of aliphatic hydroxyl groups is 1. The van der Waals surface area contributed by atoms with Gasteiger partial charge in [0.05, 0.1) is 5.69 Å². The standard InChI is InChI=1S/C11H20N4O3/c1-18-7-3-5-12-11(17)9-15-8-10(13-14-15)4-2-6-16/h8,16H,2-7,9H2,1H3,(H,12,17). The first-order valence-electron chi connectivity index (χ1n) is 6.01. The normalized spacial score (nSPS) is 10.6. The molecule has 0 atom stereocenters. The Balaban J connectivity index is 2.24. The number of aromatic nitrogens is 3. The fourth-order valence-corrected chi connectivity index (χ4v) is 1.44. The summed E-state index contributed by atoms with van der Waals surface area (Å²) in [6, 6.07) is 0. The van der Waals surface area contributed by atoms with Gasteiger partial charge in [-0.25, -0.2) is 4.68 Å². The Labute approximate surface area is 106 Å². The molecule has 7 nitrogen and oxygen atoms in total. The maximum atomic E-state index is 11.5. The highest BCUT2D eigenvalue weighted by atomic mass is 16.5. The molecular weight excluding hydrogens is 236 g/mol. The fourth-order valence-electron chi connectivity index (χ4n) is 1.44. The molecule has 0 radical (unpaired) electrons. The van der Waals surface area contributed by atoms with Gasteiger partial charge >= 0.3 is 0 Å². The van der Waals surface area contributed by atoms with E-state index in [1.165, 1.54) is 4.68 Å². The highest BCUT2D eigenvalue weighted by Gasteiger charge is 2.05. The van der Waals surface area contributed by atoms with Gasteiger partial charge in [0, 0.05) is 33.1 Å². The number of aryl methyl sites for hydroxylation is 1. The lowest BCUT2D eigenvalue weighted by atomic mass is 10.3. The minimum atomic E-state index is -0.0929. The van der Waals surface area contributed by atoms with Crippen LogP contribution in [0.15, 0.2) is 6.20 Å². The third-order valence-corrected chi connectivity index (χ3v) is 2.33. The smallest absolute Gasteiger partial charge is 0.241 e. The Bertz CT molecular complexity index is 354. The minimum absolute atomic E-state index is 0.0929. The summed E-state index contributed by atoms with van der Waals surface area (Å²) in [7, 11) is 1.63. The maximum absolute atomic E-state index is 11.5. The molecule has 0 aliphatic rings. The third kappa shape index (κ3) is 5.74. The van der Waals surface area contributed by atoms with Crippen LogP contribution in [0, 0.1) is 0 Å². The van der Waals surface area contributed by atoms with Gasteiger partial charge in [-0.3, -0.25) is 4.79 Å². The summed E-state index contributed by atoms with van der Waals surface area (Å²) in [6.07, 6.45) is 3.85. The summed E-state index contributed by atoms with van der Waals surface area (Å²) in [6.45, 7) is 1.53. The van der Waals surface area contributed by atoms with Crippen molar-refractivity contribution < 1.29 is 14.6 Å². The molecule has 7 heteroatoms. The second-order valence-corrected chi connectivity index (χ2v) is 3.93. The lowest BCUT2D eigenvalue weighted by Gasteiger charge is -2.04. The third-order valence-electron chi connectivity index (χ3n) is 2.33. The van der Waals surface area contributed by atoms with Gasteiger partial charge in [-0.15, -0.1) is 5.10 Å². The van der Waals surface area contributed by atoms with Crippen molar-refractivity contribution in [1.29, 1.82) is 0 Å². The van der Waals surface area contributed by atoms with Crippen LogP contribution >= 0.6 is 0 Å². The minimum Gasteiger partial charge on any atom is -0.396 e. The van der Waals surface area contributed by atoms with E-state index in [0.29, 0.717) is 26.0 Å². The quantitative estimate of drug-likeness (QED) is 0.573. The van der Waals surface area contributed by atoms with Crippen LogP contribution in [-0.4, -0.2) is 52.9 Å². The first kappa shape index (κ1) is 14.6. The number of carbonyl (C=O) groups is 1. The van der Waals surface area contributed by atoms with Gasteiger partial charge in [0.15, 0.2) is 0 Å². The molecule has 102 valence electrons. The van der Waals surface area contributed by atoms with E-state index in [1.54, 1.807) is 13.3 Å². The summed E-state index contributed by atoms with van der Waals surface area (Å²) < 4.78 is 6.38. The lowest BCUT2D eigenvalue weighted by Crippen LogP contribution is -2.29. The summed E-state index contributed by atoms with van der Waals surface area (Å²) in [5, 5.41) is 19.2. The Morgan fingerprint density at radius 2 is 2.39 bits per heavy atom. The molecule has 0 saturated carbocycles. The van der Waals surface area contributed by atoms with Gasteiger partial charge < -0.3 is 15.2 Å². The number of ether oxygens (including phenoxy) is 1. The van der Waals surface area contributed by atoms with E-state index in [1.807, 2.05) is 0 Å². The molecule has 0 bridgehead atoms. The van der Waals surface area contributed by atoms with Crippen molar-refractivity contribution in [2.24, 2.45) is 0 Å². The van der Waals surface area contributed by atoms with Crippen LogP contribution in [0.1, 0.15) is 18.5 Å². The Hall–Kier alpha value is -1.47. The number of methoxy groups -OCH3 is 1. The SMILES string of the molecule is COCCCNC(=O)Cn1cc(CCCO)nn1. The first-order valence-corrected chi connectivity index (χ1v) is 6.01.